The lowest BCUT2D eigenvalue weighted by molar-refractivity contribution is -0.133. The van der Waals surface area contributed by atoms with E-state index in [4.69, 9.17) is 9.47 Å². The number of piperidine rings is 1. The number of carbonyl (C=O) groups is 2. The Morgan fingerprint density at radius 1 is 1.15 bits per heavy atom. The topological polar surface area (TPSA) is 111 Å². The first-order chi connectivity index (χ1) is 16.4. The van der Waals surface area contributed by atoms with Gasteiger partial charge in [0.05, 0.1) is 6.42 Å². The molecule has 0 saturated carbocycles. The zero-order valence-electron chi connectivity index (χ0n) is 19.3. The molecule has 1 saturated heterocycles. The summed E-state index contributed by atoms with van der Waals surface area (Å²) >= 11 is 1.46. The number of benzene rings is 1. The fourth-order valence-electron chi connectivity index (χ4n) is 4.41. The number of amides is 2. The maximum atomic E-state index is 13.1. The Morgan fingerprint density at radius 2 is 1.91 bits per heavy atom. The third-order valence-electron chi connectivity index (χ3n) is 6.40. The molecule has 0 radical (unpaired) electrons. The Morgan fingerprint density at radius 3 is 2.68 bits per heavy atom. The lowest BCUT2D eigenvalue weighted by Crippen LogP contribution is -2.42. The Balaban J connectivity index is 1.19. The van der Waals surface area contributed by atoms with Gasteiger partial charge < -0.3 is 19.7 Å². The van der Waals surface area contributed by atoms with Crippen LogP contribution < -0.4 is 14.8 Å². The van der Waals surface area contributed by atoms with E-state index in [0.29, 0.717) is 54.1 Å². The minimum Gasteiger partial charge on any atom is -0.454 e. The fourth-order valence-corrected chi connectivity index (χ4v) is 4.74. The number of aryl methyl sites for hydroxylation is 2. The van der Waals surface area contributed by atoms with Crippen molar-refractivity contribution < 1.29 is 19.1 Å². The molecule has 0 atom stereocenters. The maximum absolute atomic E-state index is 13.1. The number of ether oxygens (including phenoxy) is 2. The lowest BCUT2D eigenvalue weighted by Gasteiger charge is -2.31. The highest BCUT2D eigenvalue weighted by Gasteiger charge is 2.28. The van der Waals surface area contributed by atoms with Gasteiger partial charge in [-0.25, -0.2) is 9.50 Å². The maximum Gasteiger partial charge on any atom is 0.253 e. The van der Waals surface area contributed by atoms with Gasteiger partial charge in [-0.2, -0.15) is 4.98 Å². The summed E-state index contributed by atoms with van der Waals surface area (Å²) < 4.78 is 12.4. The number of likely N-dealkylation sites (tertiary alicyclic amines) is 1. The van der Waals surface area contributed by atoms with Crippen LogP contribution in [0.25, 0.3) is 5.78 Å². The van der Waals surface area contributed by atoms with E-state index in [1.807, 2.05) is 25.0 Å². The van der Waals surface area contributed by atoms with Crippen LogP contribution in [-0.2, 0) is 16.0 Å². The number of hydrogen-bond donors (Lipinski definition) is 1. The van der Waals surface area contributed by atoms with Crippen LogP contribution in [0.1, 0.15) is 29.8 Å². The van der Waals surface area contributed by atoms with E-state index in [-0.39, 0.29) is 30.9 Å². The minimum atomic E-state index is -0.143. The van der Waals surface area contributed by atoms with Crippen molar-refractivity contribution in [1.82, 2.24) is 24.5 Å². The van der Waals surface area contributed by atoms with Crippen molar-refractivity contribution >= 4 is 35.0 Å². The Bertz CT molecular complexity index is 1270. The summed E-state index contributed by atoms with van der Waals surface area (Å²) in [5.41, 5.74) is 3.22. The molecule has 5 rings (SSSR count). The molecule has 2 amide bonds. The van der Waals surface area contributed by atoms with Crippen molar-refractivity contribution in [2.24, 2.45) is 5.92 Å². The summed E-state index contributed by atoms with van der Waals surface area (Å²) in [6.07, 6.45) is 3.42. The summed E-state index contributed by atoms with van der Waals surface area (Å²) in [6, 6.07) is 5.36. The van der Waals surface area contributed by atoms with Crippen LogP contribution in [0.4, 0.5) is 5.69 Å². The highest BCUT2D eigenvalue weighted by Crippen LogP contribution is 2.34. The molecule has 0 unspecified atom stereocenters. The Labute approximate surface area is 201 Å². The first-order valence-electron chi connectivity index (χ1n) is 11.2. The quantitative estimate of drug-likeness (QED) is 0.553. The van der Waals surface area contributed by atoms with Crippen molar-refractivity contribution in [1.29, 1.82) is 0 Å². The molecule has 10 nitrogen and oxygen atoms in total. The van der Waals surface area contributed by atoms with Gasteiger partial charge in [-0.15, -0.1) is 5.10 Å². The number of thioether (sulfide) groups is 1. The van der Waals surface area contributed by atoms with Gasteiger partial charge in [-0.3, -0.25) is 9.59 Å². The molecule has 1 aromatic carbocycles. The first-order valence-corrected chi connectivity index (χ1v) is 12.4. The number of anilines is 1. The van der Waals surface area contributed by atoms with Crippen molar-refractivity contribution in [3.63, 3.8) is 0 Å². The van der Waals surface area contributed by atoms with Crippen LogP contribution in [0, 0.1) is 19.8 Å². The summed E-state index contributed by atoms with van der Waals surface area (Å²) in [7, 11) is 0. The first kappa shape index (κ1) is 22.5. The molecule has 34 heavy (non-hydrogen) atoms. The van der Waals surface area contributed by atoms with Crippen LogP contribution in [-0.4, -0.2) is 62.4 Å². The van der Waals surface area contributed by atoms with Crippen LogP contribution in [0.2, 0.25) is 0 Å². The molecule has 2 aliphatic rings. The van der Waals surface area contributed by atoms with Crippen LogP contribution in [0.3, 0.4) is 0 Å². The number of nitrogens with zero attached hydrogens (tertiary/aromatic N) is 5. The number of hydrogen-bond acceptors (Lipinski definition) is 8. The van der Waals surface area contributed by atoms with Gasteiger partial charge in [0.15, 0.2) is 11.5 Å². The molecule has 0 aliphatic carbocycles. The molecular weight excluding hydrogens is 456 g/mol. The zero-order valence-corrected chi connectivity index (χ0v) is 20.1. The molecule has 3 aromatic rings. The van der Waals surface area contributed by atoms with Crippen LogP contribution in [0.5, 0.6) is 11.5 Å². The molecule has 2 aromatic heterocycles. The zero-order chi connectivity index (χ0) is 23.8. The molecule has 4 heterocycles. The molecule has 0 spiro atoms. The van der Waals surface area contributed by atoms with E-state index in [2.05, 4.69) is 20.4 Å². The summed E-state index contributed by atoms with van der Waals surface area (Å²) in [4.78, 5) is 36.6. The molecular formula is C23H26N6O4S. The molecule has 11 heteroatoms. The average Bonchev–Trinajstić information content (AvgIpc) is 3.48. The third kappa shape index (κ3) is 4.27. The predicted octanol–water partition coefficient (Wildman–Crippen LogP) is 2.61. The van der Waals surface area contributed by atoms with Gasteiger partial charge in [0.1, 0.15) is 0 Å². The van der Waals surface area contributed by atoms with E-state index in [0.717, 1.165) is 17.0 Å². The van der Waals surface area contributed by atoms with Crippen molar-refractivity contribution in [3.8, 4) is 11.5 Å². The molecule has 1 fully saturated rings. The standard InChI is InChI=1S/C23H26N6O4S/c1-13-17(14(2)29-22(24-13)26-23(27-29)34-3)11-20(30)28-8-6-15(7-9-28)21(31)25-16-4-5-18-19(10-16)33-12-32-18/h4-5,10,15H,6-9,11-12H2,1-3H3,(H,25,31). The average molecular weight is 483 g/mol. The SMILES string of the molecule is CSc1nc2nc(C)c(CC(=O)N3CCC(C(=O)Nc4ccc5c(c4)OCO5)CC3)c(C)n2n1. The monoisotopic (exact) mass is 482 g/mol. The predicted molar refractivity (Wildman–Crippen MR) is 126 cm³/mol. The van der Waals surface area contributed by atoms with E-state index in [1.165, 1.54) is 11.8 Å². The number of carbonyl (C=O) groups excluding carboxylic acids is 2. The lowest BCUT2D eigenvalue weighted by atomic mass is 9.95. The van der Waals surface area contributed by atoms with E-state index >= 15 is 0 Å². The van der Waals surface area contributed by atoms with E-state index < -0.39 is 0 Å². The summed E-state index contributed by atoms with van der Waals surface area (Å²) in [6.45, 7) is 5.13. The highest BCUT2D eigenvalue weighted by atomic mass is 32.2. The van der Waals surface area contributed by atoms with Gasteiger partial charge in [-0.1, -0.05) is 11.8 Å². The van der Waals surface area contributed by atoms with E-state index in [9.17, 15) is 9.59 Å². The van der Waals surface area contributed by atoms with Crippen molar-refractivity contribution in [2.75, 3.05) is 31.5 Å². The Hall–Kier alpha value is -3.34. The molecule has 178 valence electrons. The largest absolute Gasteiger partial charge is 0.454 e. The van der Waals surface area contributed by atoms with Gasteiger partial charge in [0.25, 0.3) is 5.78 Å². The van der Waals surface area contributed by atoms with Gasteiger partial charge >= 0.3 is 0 Å². The second-order valence-corrected chi connectivity index (χ2v) is 9.23. The van der Waals surface area contributed by atoms with Crippen LogP contribution >= 0.6 is 11.8 Å². The summed E-state index contributed by atoms with van der Waals surface area (Å²) in [5.74, 6) is 1.71. The molecule has 2 aliphatic heterocycles. The normalized spacial score (nSPS) is 15.7. The van der Waals surface area contributed by atoms with E-state index in [1.54, 1.807) is 22.7 Å². The van der Waals surface area contributed by atoms with Gasteiger partial charge in [0, 0.05) is 47.7 Å². The highest BCUT2D eigenvalue weighted by molar-refractivity contribution is 7.98. The van der Waals surface area contributed by atoms with Crippen molar-refractivity contribution in [2.45, 2.75) is 38.3 Å². The number of rotatable bonds is 5. The smallest absolute Gasteiger partial charge is 0.253 e. The second-order valence-electron chi connectivity index (χ2n) is 8.46. The minimum absolute atomic E-state index is 0.0344. The third-order valence-corrected chi connectivity index (χ3v) is 6.94. The fraction of sp³-hybridized carbons (Fsp3) is 0.435. The van der Waals surface area contributed by atoms with Gasteiger partial charge in [0.2, 0.25) is 23.8 Å². The number of aromatic nitrogens is 4. The summed E-state index contributed by atoms with van der Waals surface area (Å²) in [5, 5.41) is 8.07. The van der Waals surface area contributed by atoms with Gasteiger partial charge in [-0.05, 0) is 45.1 Å². The molecule has 0 bridgehead atoms. The van der Waals surface area contributed by atoms with Crippen LogP contribution in [0.15, 0.2) is 23.4 Å². The molecule has 1 N–H and O–H groups in total. The number of fused-ring (bicyclic) bond motifs is 2. The van der Waals surface area contributed by atoms with Crippen molar-refractivity contribution in [3.05, 3.63) is 35.2 Å². The second kappa shape index (κ2) is 9.13. The number of nitrogens with one attached hydrogen (secondary N) is 1. The Kier molecular flexibility index (Phi) is 6.03.